The maximum Gasteiger partial charge on any atom is 0.293 e. The highest BCUT2D eigenvalue weighted by Crippen LogP contribution is 2.29. The number of nitrogens with one attached hydrogen (secondary N) is 1. The van der Waals surface area contributed by atoms with Crippen LogP contribution in [0.3, 0.4) is 0 Å². The number of amides is 2. The third kappa shape index (κ3) is 4.40. The molecule has 3 heterocycles. The third-order valence-corrected chi connectivity index (χ3v) is 5.47. The fourth-order valence-corrected chi connectivity index (χ4v) is 3.96. The lowest BCUT2D eigenvalue weighted by Crippen LogP contribution is -2.38. The average molecular weight is 413 g/mol. The van der Waals surface area contributed by atoms with Gasteiger partial charge in [0.1, 0.15) is 11.5 Å². The number of fused-ring (bicyclic) bond motifs is 1. The third-order valence-electron chi connectivity index (χ3n) is 4.47. The summed E-state index contributed by atoms with van der Waals surface area (Å²) in [5, 5.41) is 3.24. The van der Waals surface area contributed by atoms with Gasteiger partial charge in [0.05, 0.1) is 25.6 Å². The van der Waals surface area contributed by atoms with Crippen LogP contribution in [0.15, 0.2) is 47.1 Å². The van der Waals surface area contributed by atoms with E-state index in [0.29, 0.717) is 30.4 Å². The van der Waals surface area contributed by atoms with E-state index in [-0.39, 0.29) is 24.2 Å². The molecule has 0 unspecified atom stereocenters. The van der Waals surface area contributed by atoms with Crippen molar-refractivity contribution in [2.24, 2.45) is 0 Å². The van der Waals surface area contributed by atoms with Crippen molar-refractivity contribution in [3.8, 4) is 11.5 Å². The molecule has 4 rings (SSSR count). The molecule has 2 aromatic heterocycles. The molecule has 29 heavy (non-hydrogen) atoms. The van der Waals surface area contributed by atoms with Crippen LogP contribution in [0.4, 0.5) is 5.13 Å². The normalized spacial score (nSPS) is 12.9. The number of anilines is 1. The average Bonchev–Trinajstić information content (AvgIpc) is 3.41. The maximum atomic E-state index is 12.5. The van der Waals surface area contributed by atoms with Crippen LogP contribution in [0, 0.1) is 0 Å². The first-order chi connectivity index (χ1) is 14.1. The van der Waals surface area contributed by atoms with Gasteiger partial charge in [0.15, 0.2) is 17.5 Å². The molecule has 0 aliphatic carbocycles. The lowest BCUT2D eigenvalue weighted by molar-refractivity contribution is -0.134. The quantitative estimate of drug-likeness (QED) is 0.668. The Morgan fingerprint density at radius 2 is 2.03 bits per heavy atom. The Labute approximate surface area is 171 Å². The first kappa shape index (κ1) is 19.0. The van der Waals surface area contributed by atoms with E-state index < -0.39 is 0 Å². The Kier molecular flexibility index (Phi) is 5.48. The minimum absolute atomic E-state index is 0.0391. The Morgan fingerprint density at radius 1 is 1.24 bits per heavy atom. The van der Waals surface area contributed by atoms with Crippen LogP contribution >= 0.6 is 11.3 Å². The number of aromatic nitrogens is 1. The summed E-state index contributed by atoms with van der Waals surface area (Å²) in [4.78, 5) is 31.8. The first-order valence-electron chi connectivity index (χ1n) is 9.00. The number of ether oxygens (including phenoxy) is 2. The van der Waals surface area contributed by atoms with Crippen LogP contribution in [-0.4, -0.2) is 42.0 Å². The van der Waals surface area contributed by atoms with Gasteiger partial charge in [0.25, 0.3) is 11.8 Å². The zero-order valence-corrected chi connectivity index (χ0v) is 16.5. The zero-order valence-electron chi connectivity index (χ0n) is 15.7. The number of methoxy groups -OCH3 is 1. The van der Waals surface area contributed by atoms with Gasteiger partial charge in [-0.15, -0.1) is 0 Å². The van der Waals surface area contributed by atoms with Crippen molar-refractivity contribution in [1.82, 2.24) is 9.88 Å². The molecular formula is C20H19N3O5S. The summed E-state index contributed by atoms with van der Waals surface area (Å²) in [7, 11) is 1.59. The number of nitrogens with zero attached hydrogens (tertiary/aromatic N) is 2. The molecule has 1 aliphatic rings. The molecule has 9 heteroatoms. The van der Waals surface area contributed by atoms with Gasteiger partial charge in [0.2, 0.25) is 0 Å². The number of benzene rings is 1. The van der Waals surface area contributed by atoms with E-state index in [4.69, 9.17) is 13.9 Å². The van der Waals surface area contributed by atoms with Crippen LogP contribution in [0.5, 0.6) is 11.5 Å². The summed E-state index contributed by atoms with van der Waals surface area (Å²) in [6.07, 6.45) is 2.08. The fraction of sp³-hybridized carbons (Fsp3) is 0.250. The van der Waals surface area contributed by atoms with Crippen molar-refractivity contribution in [3.05, 3.63) is 59.0 Å². The van der Waals surface area contributed by atoms with Gasteiger partial charge in [-0.25, -0.2) is 4.98 Å². The molecule has 2 amide bonds. The van der Waals surface area contributed by atoms with Crippen LogP contribution in [0.2, 0.25) is 0 Å². The van der Waals surface area contributed by atoms with E-state index in [1.165, 1.54) is 17.6 Å². The molecule has 0 saturated carbocycles. The molecule has 150 valence electrons. The molecule has 8 nitrogen and oxygen atoms in total. The second-order valence-corrected chi connectivity index (χ2v) is 7.43. The van der Waals surface area contributed by atoms with E-state index in [1.807, 2.05) is 0 Å². The second-order valence-electron chi connectivity index (χ2n) is 6.35. The monoisotopic (exact) mass is 413 g/mol. The van der Waals surface area contributed by atoms with Crippen molar-refractivity contribution in [2.75, 3.05) is 25.6 Å². The number of carbonyl (C=O) groups excluding carboxylic acids is 2. The maximum absolute atomic E-state index is 12.5. The number of rotatable bonds is 6. The SMILES string of the molecule is COc1ccc(OCC(=O)N2CCc3nc(NC(=O)c4ccco4)sc3C2)cc1. The summed E-state index contributed by atoms with van der Waals surface area (Å²) in [6, 6.07) is 10.3. The van der Waals surface area contributed by atoms with Gasteiger partial charge >= 0.3 is 0 Å². The molecule has 0 fully saturated rings. The summed E-state index contributed by atoms with van der Waals surface area (Å²) in [5.74, 6) is 1.12. The van der Waals surface area contributed by atoms with Crippen LogP contribution in [-0.2, 0) is 17.8 Å². The predicted octanol–water partition coefficient (Wildman–Crippen LogP) is 2.96. The molecule has 0 spiro atoms. The highest BCUT2D eigenvalue weighted by atomic mass is 32.1. The molecule has 0 radical (unpaired) electrons. The lowest BCUT2D eigenvalue weighted by atomic mass is 10.2. The van der Waals surface area contributed by atoms with E-state index >= 15 is 0 Å². The lowest BCUT2D eigenvalue weighted by Gasteiger charge is -2.26. The molecular weight excluding hydrogens is 394 g/mol. The minimum atomic E-state index is -0.345. The molecule has 3 aromatic rings. The molecule has 0 saturated heterocycles. The Hall–Kier alpha value is -3.33. The number of furan rings is 1. The van der Waals surface area contributed by atoms with Crippen molar-refractivity contribution in [1.29, 1.82) is 0 Å². The summed E-state index contributed by atoms with van der Waals surface area (Å²) in [5.41, 5.74) is 0.907. The van der Waals surface area contributed by atoms with Crippen molar-refractivity contribution >= 4 is 28.3 Å². The smallest absolute Gasteiger partial charge is 0.293 e. The van der Waals surface area contributed by atoms with Gasteiger partial charge in [-0.3, -0.25) is 14.9 Å². The van der Waals surface area contributed by atoms with Gasteiger partial charge < -0.3 is 18.8 Å². The fourth-order valence-electron chi connectivity index (χ4n) is 2.94. The minimum Gasteiger partial charge on any atom is -0.497 e. The summed E-state index contributed by atoms with van der Waals surface area (Å²) >= 11 is 1.37. The van der Waals surface area contributed by atoms with E-state index in [0.717, 1.165) is 16.3 Å². The number of hydrogen-bond acceptors (Lipinski definition) is 7. The number of thiazole rings is 1. The predicted molar refractivity (Wildman–Crippen MR) is 106 cm³/mol. The Balaban J connectivity index is 1.33. The van der Waals surface area contributed by atoms with Gasteiger partial charge in [0, 0.05) is 17.8 Å². The zero-order chi connectivity index (χ0) is 20.2. The number of hydrogen-bond donors (Lipinski definition) is 1. The number of carbonyl (C=O) groups is 2. The first-order valence-corrected chi connectivity index (χ1v) is 9.82. The molecule has 0 bridgehead atoms. The van der Waals surface area contributed by atoms with E-state index in [1.54, 1.807) is 48.4 Å². The standard InChI is InChI=1S/C20H19N3O5S/c1-26-13-4-6-14(7-5-13)28-12-18(24)23-9-8-15-17(11-23)29-20(21-15)22-19(25)16-3-2-10-27-16/h2-7,10H,8-9,11-12H2,1H3,(H,21,22,25). The summed E-state index contributed by atoms with van der Waals surface area (Å²) in [6.45, 7) is 0.976. The molecule has 1 aromatic carbocycles. The topological polar surface area (TPSA) is 93.9 Å². The highest BCUT2D eigenvalue weighted by Gasteiger charge is 2.25. The van der Waals surface area contributed by atoms with Gasteiger partial charge in [-0.05, 0) is 36.4 Å². The molecule has 1 aliphatic heterocycles. The highest BCUT2D eigenvalue weighted by molar-refractivity contribution is 7.15. The van der Waals surface area contributed by atoms with E-state index in [2.05, 4.69) is 10.3 Å². The van der Waals surface area contributed by atoms with Crippen LogP contribution in [0.25, 0.3) is 0 Å². The largest absolute Gasteiger partial charge is 0.497 e. The summed E-state index contributed by atoms with van der Waals surface area (Å²) < 4.78 is 15.8. The van der Waals surface area contributed by atoms with Crippen LogP contribution < -0.4 is 14.8 Å². The second kappa shape index (κ2) is 8.36. The van der Waals surface area contributed by atoms with E-state index in [9.17, 15) is 9.59 Å². The Morgan fingerprint density at radius 3 is 2.76 bits per heavy atom. The Bertz CT molecular complexity index is 998. The van der Waals surface area contributed by atoms with Crippen molar-refractivity contribution in [3.63, 3.8) is 0 Å². The molecule has 0 atom stereocenters. The van der Waals surface area contributed by atoms with Crippen LogP contribution in [0.1, 0.15) is 21.1 Å². The van der Waals surface area contributed by atoms with Crippen molar-refractivity contribution < 1.29 is 23.5 Å². The van der Waals surface area contributed by atoms with Gasteiger partial charge in [-0.1, -0.05) is 11.3 Å². The molecule has 1 N–H and O–H groups in total. The van der Waals surface area contributed by atoms with Gasteiger partial charge in [-0.2, -0.15) is 0 Å². The van der Waals surface area contributed by atoms with Crippen molar-refractivity contribution in [2.45, 2.75) is 13.0 Å².